The van der Waals surface area contributed by atoms with E-state index in [1.54, 1.807) is 14.2 Å². The summed E-state index contributed by atoms with van der Waals surface area (Å²) in [5, 5.41) is 0. The molecule has 10 heteroatoms. The van der Waals surface area contributed by atoms with Gasteiger partial charge in [0.15, 0.2) is 0 Å². The highest BCUT2D eigenvalue weighted by atomic mass is 28.4. The van der Waals surface area contributed by atoms with Crippen LogP contribution in [0.15, 0.2) is 0 Å². The zero-order valence-corrected chi connectivity index (χ0v) is 22.6. The Bertz CT molecular complexity index is 426. The van der Waals surface area contributed by atoms with Crippen molar-refractivity contribution in [3.8, 4) is 0 Å². The molecular weight excluding hydrogens is 436 g/mol. The van der Waals surface area contributed by atoms with Gasteiger partial charge in [-0.2, -0.15) is 0 Å². The standard InChI is InChI=1S/C12H26O4Si.C9H20O4Si/c1-4-15-17(6-3,16-5-2)9-7-8-13-10-12-11-14-12;1-10-14(3,11-2)6-4-5-12-7-9-8-13-9/h12H,4-11H2,1-3H3;9H,4-8H2,1-3H3. The molecule has 2 rings (SSSR count). The van der Waals surface area contributed by atoms with Crippen LogP contribution >= 0.6 is 0 Å². The minimum atomic E-state index is -1.94. The van der Waals surface area contributed by atoms with Gasteiger partial charge in [-0.05, 0) is 51.4 Å². The molecule has 2 atom stereocenters. The summed E-state index contributed by atoms with van der Waals surface area (Å²) in [6.45, 7) is 14.6. The van der Waals surface area contributed by atoms with Crippen molar-refractivity contribution in [2.45, 2.75) is 70.5 Å². The summed E-state index contributed by atoms with van der Waals surface area (Å²) in [6.07, 6.45) is 2.75. The lowest BCUT2D eigenvalue weighted by Crippen LogP contribution is -2.41. The van der Waals surface area contributed by atoms with Gasteiger partial charge in [0.2, 0.25) is 0 Å². The van der Waals surface area contributed by atoms with Crippen LogP contribution in [0.25, 0.3) is 0 Å². The van der Waals surface area contributed by atoms with Crippen molar-refractivity contribution in [1.82, 2.24) is 0 Å². The van der Waals surface area contributed by atoms with Crippen molar-refractivity contribution in [2.24, 2.45) is 0 Å². The van der Waals surface area contributed by atoms with Crippen molar-refractivity contribution >= 4 is 17.1 Å². The first kappa shape index (κ1) is 29.1. The van der Waals surface area contributed by atoms with Crippen LogP contribution < -0.4 is 0 Å². The Labute approximate surface area is 191 Å². The van der Waals surface area contributed by atoms with Crippen LogP contribution in [0, 0.1) is 0 Å². The lowest BCUT2D eigenvalue weighted by atomic mass is 10.5. The van der Waals surface area contributed by atoms with Crippen molar-refractivity contribution in [1.29, 1.82) is 0 Å². The second kappa shape index (κ2) is 16.7. The molecule has 0 radical (unpaired) electrons. The van der Waals surface area contributed by atoms with Gasteiger partial charge >= 0.3 is 17.1 Å². The molecule has 2 saturated heterocycles. The molecule has 186 valence electrons. The monoisotopic (exact) mass is 482 g/mol. The van der Waals surface area contributed by atoms with Gasteiger partial charge in [-0.3, -0.25) is 0 Å². The summed E-state index contributed by atoms with van der Waals surface area (Å²) >= 11 is 0. The third-order valence-electron chi connectivity index (χ3n) is 5.40. The molecule has 2 heterocycles. The Morgan fingerprint density at radius 2 is 1.23 bits per heavy atom. The van der Waals surface area contributed by atoms with Crippen molar-refractivity contribution in [2.75, 3.05) is 67.1 Å². The maximum atomic E-state index is 5.90. The maximum Gasteiger partial charge on any atom is 0.337 e. The molecule has 0 amide bonds. The normalized spacial score (nSPS) is 20.3. The highest BCUT2D eigenvalue weighted by Crippen LogP contribution is 2.21. The fourth-order valence-corrected chi connectivity index (χ4v) is 7.31. The fraction of sp³-hybridized carbons (Fsp3) is 1.00. The van der Waals surface area contributed by atoms with Crippen molar-refractivity contribution in [3.63, 3.8) is 0 Å². The summed E-state index contributed by atoms with van der Waals surface area (Å²) in [5.41, 5.74) is 0. The largest absolute Gasteiger partial charge is 0.398 e. The van der Waals surface area contributed by atoms with Gasteiger partial charge in [0.25, 0.3) is 0 Å². The van der Waals surface area contributed by atoms with E-state index in [9.17, 15) is 0 Å². The third kappa shape index (κ3) is 14.1. The summed E-state index contributed by atoms with van der Waals surface area (Å²) < 4.78 is 43.6. The first-order valence-corrected chi connectivity index (χ1v) is 16.5. The third-order valence-corrected chi connectivity index (χ3v) is 12.2. The summed E-state index contributed by atoms with van der Waals surface area (Å²) in [4.78, 5) is 0. The van der Waals surface area contributed by atoms with E-state index >= 15 is 0 Å². The zero-order chi connectivity index (χ0) is 23.0. The van der Waals surface area contributed by atoms with Crippen LogP contribution in [0.1, 0.15) is 33.6 Å². The SMILES string of the molecule is CCO[Si](CC)(CCCOCC1CO1)OCC.CO[Si](C)(CCCOCC1CO1)OC. The Balaban J connectivity index is 0.000000316. The Hall–Kier alpha value is 0.114. The molecule has 0 aromatic carbocycles. The topological polar surface area (TPSA) is 80.4 Å². The molecule has 0 N–H and O–H groups in total. The summed E-state index contributed by atoms with van der Waals surface area (Å²) in [6, 6.07) is 3.02. The van der Waals surface area contributed by atoms with Crippen LogP contribution in [-0.2, 0) is 36.7 Å². The lowest BCUT2D eigenvalue weighted by molar-refractivity contribution is 0.113. The summed E-state index contributed by atoms with van der Waals surface area (Å²) in [5.74, 6) is 0. The molecular formula is C21H46O8Si2. The van der Waals surface area contributed by atoms with E-state index in [-0.39, 0.29) is 0 Å². The molecule has 2 unspecified atom stereocenters. The first-order chi connectivity index (χ1) is 15.0. The highest BCUT2D eigenvalue weighted by molar-refractivity contribution is 6.67. The molecule has 0 aromatic heterocycles. The zero-order valence-electron chi connectivity index (χ0n) is 20.6. The van der Waals surface area contributed by atoms with Gasteiger partial charge in [-0.15, -0.1) is 0 Å². The minimum absolute atomic E-state index is 0.363. The van der Waals surface area contributed by atoms with Crippen molar-refractivity contribution in [3.05, 3.63) is 0 Å². The van der Waals surface area contributed by atoms with Crippen LogP contribution in [-0.4, -0.2) is 96.4 Å². The van der Waals surface area contributed by atoms with Gasteiger partial charge in [0.1, 0.15) is 12.2 Å². The molecule has 2 fully saturated rings. The van der Waals surface area contributed by atoms with Crippen LogP contribution in [0.3, 0.4) is 0 Å². The van der Waals surface area contributed by atoms with Gasteiger partial charge in [-0.25, -0.2) is 0 Å². The smallest absolute Gasteiger partial charge is 0.337 e. The summed E-state index contributed by atoms with van der Waals surface area (Å²) in [7, 11) is -0.379. The molecule has 2 aliphatic rings. The Morgan fingerprint density at radius 3 is 1.58 bits per heavy atom. The Morgan fingerprint density at radius 1 is 0.774 bits per heavy atom. The first-order valence-electron chi connectivity index (χ1n) is 11.7. The van der Waals surface area contributed by atoms with Crippen molar-refractivity contribution < 1.29 is 36.7 Å². The highest BCUT2D eigenvalue weighted by Gasteiger charge is 2.34. The maximum absolute atomic E-state index is 5.90. The predicted molar refractivity (Wildman–Crippen MR) is 125 cm³/mol. The number of ether oxygens (including phenoxy) is 4. The second-order valence-corrected chi connectivity index (χ2v) is 15.1. The van der Waals surface area contributed by atoms with E-state index in [0.29, 0.717) is 12.2 Å². The second-order valence-electron chi connectivity index (χ2n) is 7.94. The molecule has 2 aliphatic heterocycles. The average molecular weight is 483 g/mol. The van der Waals surface area contributed by atoms with Crippen LogP contribution in [0.4, 0.5) is 0 Å². The predicted octanol–water partition coefficient (Wildman–Crippen LogP) is 3.48. The molecule has 31 heavy (non-hydrogen) atoms. The Kier molecular flexibility index (Phi) is 15.7. The van der Waals surface area contributed by atoms with Crippen LogP contribution in [0.5, 0.6) is 0 Å². The fourth-order valence-electron chi connectivity index (χ4n) is 3.08. The van der Waals surface area contributed by atoms with E-state index < -0.39 is 17.1 Å². The van der Waals surface area contributed by atoms with E-state index in [1.807, 2.05) is 13.8 Å². The van der Waals surface area contributed by atoms with Crippen LogP contribution in [0.2, 0.25) is 24.7 Å². The van der Waals surface area contributed by atoms with Gasteiger partial charge in [0.05, 0.1) is 26.4 Å². The average Bonchev–Trinajstić information content (AvgIpc) is 3.69. The molecule has 0 spiro atoms. The van der Waals surface area contributed by atoms with Gasteiger partial charge < -0.3 is 36.7 Å². The minimum Gasteiger partial charge on any atom is -0.398 e. The number of hydrogen-bond donors (Lipinski definition) is 0. The molecule has 0 aromatic rings. The lowest BCUT2D eigenvalue weighted by Gasteiger charge is -2.28. The van der Waals surface area contributed by atoms with E-state index in [2.05, 4.69) is 13.5 Å². The molecule has 0 aliphatic carbocycles. The number of hydrogen-bond acceptors (Lipinski definition) is 8. The van der Waals surface area contributed by atoms with E-state index in [4.69, 9.17) is 36.7 Å². The quantitative estimate of drug-likeness (QED) is 0.157. The number of rotatable bonds is 19. The van der Waals surface area contributed by atoms with E-state index in [1.165, 1.54) is 0 Å². The molecule has 0 bridgehead atoms. The molecule has 0 saturated carbocycles. The molecule has 8 nitrogen and oxygen atoms in total. The number of epoxide rings is 2. The van der Waals surface area contributed by atoms with E-state index in [0.717, 1.165) is 83.8 Å². The van der Waals surface area contributed by atoms with Gasteiger partial charge in [-0.1, -0.05) is 6.92 Å². The van der Waals surface area contributed by atoms with Gasteiger partial charge in [0, 0.05) is 40.6 Å².